The number of hydrogen-bond donors (Lipinski definition) is 1. The number of Topliss-reactive ketones (excluding diaryl/α,β-unsaturated/α-hetero) is 1. The van der Waals surface area contributed by atoms with Gasteiger partial charge in [0.25, 0.3) is 0 Å². The van der Waals surface area contributed by atoms with E-state index in [-0.39, 0.29) is 11.8 Å². The standard InChI is InChI=1S/C9H15NO4S/c1-15(13,14)6-9(12)10-7-2-4-8(11)5-3-7/h7H,2-6H2,1H3,(H,10,12). The summed E-state index contributed by atoms with van der Waals surface area (Å²) in [4.78, 5) is 22.1. The fourth-order valence-corrected chi connectivity index (χ4v) is 2.15. The van der Waals surface area contributed by atoms with Crippen molar-refractivity contribution in [3.8, 4) is 0 Å². The van der Waals surface area contributed by atoms with Crippen molar-refractivity contribution in [1.82, 2.24) is 5.32 Å². The Hall–Kier alpha value is -0.910. The van der Waals surface area contributed by atoms with Gasteiger partial charge in [-0.3, -0.25) is 9.59 Å². The molecule has 1 N–H and O–H groups in total. The molecule has 1 saturated carbocycles. The van der Waals surface area contributed by atoms with Gasteiger partial charge in [-0.2, -0.15) is 0 Å². The van der Waals surface area contributed by atoms with Crippen LogP contribution in [0.5, 0.6) is 0 Å². The summed E-state index contributed by atoms with van der Waals surface area (Å²) >= 11 is 0. The monoisotopic (exact) mass is 233 g/mol. The lowest BCUT2D eigenvalue weighted by Crippen LogP contribution is -2.40. The number of carbonyl (C=O) groups excluding carboxylic acids is 2. The molecule has 1 amide bonds. The second-order valence-corrected chi connectivity index (χ2v) is 6.09. The van der Waals surface area contributed by atoms with Gasteiger partial charge >= 0.3 is 0 Å². The van der Waals surface area contributed by atoms with Crippen LogP contribution in [0.3, 0.4) is 0 Å². The predicted molar refractivity (Wildman–Crippen MR) is 55.1 cm³/mol. The number of hydrogen-bond acceptors (Lipinski definition) is 4. The third-order valence-corrected chi connectivity index (χ3v) is 3.09. The van der Waals surface area contributed by atoms with E-state index in [2.05, 4.69) is 5.32 Å². The van der Waals surface area contributed by atoms with Crippen molar-refractivity contribution in [3.05, 3.63) is 0 Å². The van der Waals surface area contributed by atoms with Crippen molar-refractivity contribution in [1.29, 1.82) is 0 Å². The molecule has 0 heterocycles. The molecule has 1 aliphatic rings. The maximum absolute atomic E-state index is 11.2. The van der Waals surface area contributed by atoms with Gasteiger partial charge in [0, 0.05) is 25.1 Å². The van der Waals surface area contributed by atoms with Crippen molar-refractivity contribution in [3.63, 3.8) is 0 Å². The van der Waals surface area contributed by atoms with Crippen LogP contribution in [0.4, 0.5) is 0 Å². The highest BCUT2D eigenvalue weighted by Gasteiger charge is 2.21. The largest absolute Gasteiger partial charge is 0.352 e. The third-order valence-electron chi connectivity index (χ3n) is 2.30. The van der Waals surface area contributed by atoms with Crippen molar-refractivity contribution >= 4 is 21.5 Å². The Kier molecular flexibility index (Phi) is 3.84. The first-order valence-corrected chi connectivity index (χ1v) is 6.91. The number of carbonyl (C=O) groups is 2. The van der Waals surface area contributed by atoms with Crippen LogP contribution in [-0.4, -0.2) is 38.2 Å². The van der Waals surface area contributed by atoms with Gasteiger partial charge in [0.1, 0.15) is 11.5 Å². The lowest BCUT2D eigenvalue weighted by atomic mass is 9.94. The molecule has 0 atom stereocenters. The van der Waals surface area contributed by atoms with Crippen molar-refractivity contribution < 1.29 is 18.0 Å². The molecule has 86 valence electrons. The highest BCUT2D eigenvalue weighted by Crippen LogP contribution is 2.14. The maximum atomic E-state index is 11.2. The Labute approximate surface area is 89.2 Å². The first kappa shape index (κ1) is 12.2. The molecule has 0 aliphatic heterocycles. The zero-order valence-electron chi connectivity index (χ0n) is 8.65. The second-order valence-electron chi connectivity index (χ2n) is 3.95. The fraction of sp³-hybridized carbons (Fsp3) is 0.778. The normalized spacial score (nSPS) is 18.9. The smallest absolute Gasteiger partial charge is 0.235 e. The summed E-state index contributed by atoms with van der Waals surface area (Å²) in [5, 5.41) is 2.63. The van der Waals surface area contributed by atoms with Gasteiger partial charge in [-0.1, -0.05) is 0 Å². The SMILES string of the molecule is CS(=O)(=O)CC(=O)NC1CCC(=O)CC1. The fourth-order valence-electron chi connectivity index (χ4n) is 1.59. The van der Waals surface area contributed by atoms with Gasteiger partial charge in [-0.25, -0.2) is 8.42 Å². The average Bonchev–Trinajstić information content (AvgIpc) is 2.05. The minimum Gasteiger partial charge on any atom is -0.352 e. The molecule has 1 fully saturated rings. The minimum absolute atomic E-state index is 0.0445. The summed E-state index contributed by atoms with van der Waals surface area (Å²) in [5.41, 5.74) is 0. The molecule has 1 rings (SSSR count). The van der Waals surface area contributed by atoms with E-state index < -0.39 is 21.5 Å². The molecule has 0 spiro atoms. The van der Waals surface area contributed by atoms with Gasteiger partial charge < -0.3 is 5.32 Å². The van der Waals surface area contributed by atoms with Crippen molar-refractivity contribution in [2.75, 3.05) is 12.0 Å². The Bertz CT molecular complexity index is 350. The Morgan fingerprint density at radius 3 is 2.40 bits per heavy atom. The molecule has 0 aromatic heterocycles. The highest BCUT2D eigenvalue weighted by molar-refractivity contribution is 7.91. The minimum atomic E-state index is -3.26. The zero-order chi connectivity index (χ0) is 11.5. The summed E-state index contributed by atoms with van der Waals surface area (Å²) in [6.45, 7) is 0. The summed E-state index contributed by atoms with van der Waals surface area (Å²) in [6, 6.07) is -0.0445. The maximum Gasteiger partial charge on any atom is 0.235 e. The molecule has 0 aromatic rings. The van der Waals surface area contributed by atoms with E-state index in [9.17, 15) is 18.0 Å². The van der Waals surface area contributed by atoms with Crippen LogP contribution in [0.15, 0.2) is 0 Å². The first-order chi connectivity index (χ1) is 6.87. The van der Waals surface area contributed by atoms with Gasteiger partial charge in [-0.05, 0) is 12.8 Å². The molecular formula is C9H15NO4S. The molecule has 6 heteroatoms. The van der Waals surface area contributed by atoms with E-state index in [4.69, 9.17) is 0 Å². The van der Waals surface area contributed by atoms with E-state index in [1.54, 1.807) is 0 Å². The summed E-state index contributed by atoms with van der Waals surface area (Å²) in [5.74, 6) is -0.738. The van der Waals surface area contributed by atoms with Gasteiger partial charge in [0.2, 0.25) is 5.91 Å². The summed E-state index contributed by atoms with van der Waals surface area (Å²) in [6.07, 6.45) is 3.22. The lowest BCUT2D eigenvalue weighted by molar-refractivity contribution is -0.123. The van der Waals surface area contributed by atoms with E-state index >= 15 is 0 Å². The molecular weight excluding hydrogens is 218 g/mol. The van der Waals surface area contributed by atoms with Crippen LogP contribution < -0.4 is 5.32 Å². The Morgan fingerprint density at radius 2 is 1.93 bits per heavy atom. The molecule has 1 aliphatic carbocycles. The number of ketones is 1. The van der Waals surface area contributed by atoms with Crippen LogP contribution in [-0.2, 0) is 19.4 Å². The van der Waals surface area contributed by atoms with Gasteiger partial charge in [0.15, 0.2) is 9.84 Å². The third kappa shape index (κ3) is 4.92. The van der Waals surface area contributed by atoms with Gasteiger partial charge in [0.05, 0.1) is 0 Å². The molecule has 0 saturated heterocycles. The zero-order valence-corrected chi connectivity index (χ0v) is 9.47. The number of nitrogens with one attached hydrogen (secondary N) is 1. The predicted octanol–water partition coefficient (Wildman–Crippen LogP) is -0.341. The van der Waals surface area contributed by atoms with E-state index in [0.717, 1.165) is 6.26 Å². The quantitative estimate of drug-likeness (QED) is 0.723. The molecule has 15 heavy (non-hydrogen) atoms. The molecule has 0 unspecified atom stereocenters. The lowest BCUT2D eigenvalue weighted by Gasteiger charge is -2.21. The van der Waals surface area contributed by atoms with E-state index in [1.165, 1.54) is 0 Å². The van der Waals surface area contributed by atoms with Crippen molar-refractivity contribution in [2.45, 2.75) is 31.7 Å². The Balaban J connectivity index is 2.36. The molecule has 0 radical (unpaired) electrons. The van der Waals surface area contributed by atoms with Crippen LogP contribution in [0, 0.1) is 0 Å². The summed E-state index contributed by atoms with van der Waals surface area (Å²) in [7, 11) is -3.26. The number of amides is 1. The average molecular weight is 233 g/mol. The first-order valence-electron chi connectivity index (χ1n) is 4.85. The number of sulfone groups is 1. The topological polar surface area (TPSA) is 80.3 Å². The highest BCUT2D eigenvalue weighted by atomic mass is 32.2. The Morgan fingerprint density at radius 1 is 1.40 bits per heavy atom. The van der Waals surface area contributed by atoms with Crippen molar-refractivity contribution in [2.24, 2.45) is 0 Å². The second kappa shape index (κ2) is 4.74. The molecule has 0 bridgehead atoms. The van der Waals surface area contributed by atoms with Crippen LogP contribution >= 0.6 is 0 Å². The number of rotatable bonds is 3. The molecule has 0 aromatic carbocycles. The summed E-state index contributed by atoms with van der Waals surface area (Å²) < 4.78 is 21.6. The van der Waals surface area contributed by atoms with Gasteiger partial charge in [-0.15, -0.1) is 0 Å². The molecule has 5 nitrogen and oxygen atoms in total. The van der Waals surface area contributed by atoms with E-state index in [1.807, 2.05) is 0 Å². The van der Waals surface area contributed by atoms with Crippen LogP contribution in [0.25, 0.3) is 0 Å². The van der Waals surface area contributed by atoms with Crippen LogP contribution in [0.1, 0.15) is 25.7 Å². The van der Waals surface area contributed by atoms with E-state index in [0.29, 0.717) is 25.7 Å². The van der Waals surface area contributed by atoms with Crippen LogP contribution in [0.2, 0.25) is 0 Å².